The Bertz CT molecular complexity index is 900. The molecule has 2 heterocycles. The fourth-order valence-corrected chi connectivity index (χ4v) is 3.94. The zero-order chi connectivity index (χ0) is 16.7. The summed E-state index contributed by atoms with van der Waals surface area (Å²) in [4.78, 5) is 0. The highest BCUT2D eigenvalue weighted by molar-refractivity contribution is 14.1. The Balaban J connectivity index is 1.78. The number of nitrogens with zero attached hydrogens (tertiary/aromatic N) is 4. The highest BCUT2D eigenvalue weighted by Crippen LogP contribution is 2.38. The van der Waals surface area contributed by atoms with E-state index < -0.39 is 0 Å². The number of hydrogen-bond acceptors (Lipinski definition) is 4. The second-order valence-electron chi connectivity index (χ2n) is 5.62. The Morgan fingerprint density at radius 2 is 2.12 bits per heavy atom. The van der Waals surface area contributed by atoms with Crippen LogP contribution >= 0.6 is 38.5 Å². The molecule has 0 radical (unpaired) electrons. The number of nitrogens with one attached hydrogen (secondary N) is 1. The van der Waals surface area contributed by atoms with Gasteiger partial charge in [0, 0.05) is 13.6 Å². The van der Waals surface area contributed by atoms with E-state index in [1.54, 1.807) is 10.7 Å². The van der Waals surface area contributed by atoms with Crippen molar-refractivity contribution in [2.45, 2.75) is 18.5 Å². The van der Waals surface area contributed by atoms with Crippen LogP contribution in [-0.4, -0.2) is 20.2 Å². The lowest BCUT2D eigenvalue weighted by molar-refractivity contribution is 0.409. The molecular weight excluding hydrogens is 488 g/mol. The van der Waals surface area contributed by atoms with Gasteiger partial charge in [0.25, 0.3) is 0 Å². The Hall–Kier alpha value is -1.55. The number of fused-ring (bicyclic) bond motifs is 1. The average Bonchev–Trinajstić information content (AvgIpc) is 3.05. The zero-order valence-corrected chi connectivity index (χ0v) is 16.1. The van der Waals surface area contributed by atoms with E-state index in [1.165, 1.54) is 6.07 Å². The molecule has 1 aliphatic heterocycles. The molecule has 2 aromatic carbocycles. The van der Waals surface area contributed by atoms with Crippen LogP contribution in [0.25, 0.3) is 0 Å². The molecule has 0 amide bonds. The Kier molecular flexibility index (Phi) is 4.25. The van der Waals surface area contributed by atoms with Crippen LogP contribution < -0.4 is 5.32 Å². The van der Waals surface area contributed by atoms with Crippen LogP contribution in [0.15, 0.2) is 46.9 Å². The molecule has 8 heteroatoms. The molecule has 24 heavy (non-hydrogen) atoms. The van der Waals surface area contributed by atoms with Gasteiger partial charge in [-0.05, 0) is 75.3 Å². The summed E-state index contributed by atoms with van der Waals surface area (Å²) in [6, 6.07) is 12.9. The molecule has 0 bridgehead atoms. The molecule has 0 aliphatic carbocycles. The summed E-state index contributed by atoms with van der Waals surface area (Å²) < 4.78 is 18.1. The third kappa shape index (κ3) is 2.92. The molecule has 1 N–H and O–H groups in total. The summed E-state index contributed by atoms with van der Waals surface area (Å²) >= 11 is 5.69. The third-order valence-corrected chi connectivity index (χ3v) is 5.28. The van der Waals surface area contributed by atoms with Crippen molar-refractivity contribution >= 4 is 44.5 Å². The lowest BCUT2D eigenvalue weighted by Crippen LogP contribution is -2.28. The van der Waals surface area contributed by atoms with Crippen LogP contribution in [0.3, 0.4) is 0 Å². The van der Waals surface area contributed by atoms with E-state index >= 15 is 0 Å². The molecule has 1 aromatic heterocycles. The minimum absolute atomic E-state index is 0.00303. The van der Waals surface area contributed by atoms with Crippen molar-refractivity contribution in [1.29, 1.82) is 0 Å². The molecule has 5 nitrogen and oxygen atoms in total. The highest BCUT2D eigenvalue weighted by atomic mass is 127. The van der Waals surface area contributed by atoms with Gasteiger partial charge in [-0.3, -0.25) is 0 Å². The summed E-state index contributed by atoms with van der Waals surface area (Å²) in [5.41, 5.74) is 1.71. The van der Waals surface area contributed by atoms with Crippen molar-refractivity contribution in [2.24, 2.45) is 0 Å². The van der Waals surface area contributed by atoms with E-state index in [9.17, 15) is 4.39 Å². The second-order valence-corrected chi connectivity index (χ2v) is 7.78. The van der Waals surface area contributed by atoms with Crippen LogP contribution in [0.4, 0.5) is 10.3 Å². The van der Waals surface area contributed by atoms with Gasteiger partial charge in [0.2, 0.25) is 5.95 Å². The average molecular weight is 500 g/mol. The maximum atomic E-state index is 14.4. The van der Waals surface area contributed by atoms with Crippen molar-refractivity contribution in [3.8, 4) is 0 Å². The summed E-state index contributed by atoms with van der Waals surface area (Å²) in [6.45, 7) is 0. The second kappa shape index (κ2) is 6.40. The van der Waals surface area contributed by atoms with Gasteiger partial charge in [-0.15, -0.1) is 0 Å². The molecule has 0 fully saturated rings. The number of anilines is 1. The Morgan fingerprint density at radius 3 is 2.96 bits per heavy atom. The van der Waals surface area contributed by atoms with E-state index in [0.29, 0.717) is 17.9 Å². The van der Waals surface area contributed by atoms with Gasteiger partial charge in [-0.2, -0.15) is 0 Å². The topological polar surface area (TPSA) is 55.6 Å². The first-order valence-electron chi connectivity index (χ1n) is 7.36. The van der Waals surface area contributed by atoms with Crippen molar-refractivity contribution in [2.75, 3.05) is 5.32 Å². The molecular formula is C16H12BrFIN5. The van der Waals surface area contributed by atoms with Gasteiger partial charge in [-0.25, -0.2) is 9.07 Å². The molecule has 4 rings (SSSR count). The van der Waals surface area contributed by atoms with Crippen LogP contribution in [-0.2, 0) is 0 Å². The smallest absolute Gasteiger partial charge is 0.243 e. The molecule has 0 saturated carbocycles. The lowest BCUT2D eigenvalue weighted by Gasteiger charge is -2.31. The van der Waals surface area contributed by atoms with E-state index in [4.69, 9.17) is 0 Å². The maximum Gasteiger partial charge on any atom is 0.243 e. The van der Waals surface area contributed by atoms with Gasteiger partial charge in [-0.1, -0.05) is 33.2 Å². The first-order chi connectivity index (χ1) is 11.6. The van der Waals surface area contributed by atoms with Crippen molar-refractivity contribution < 1.29 is 4.39 Å². The lowest BCUT2D eigenvalue weighted by atomic mass is 9.93. The first-order valence-corrected chi connectivity index (χ1v) is 9.24. The van der Waals surface area contributed by atoms with Gasteiger partial charge < -0.3 is 5.32 Å². The third-order valence-electron chi connectivity index (χ3n) is 4.12. The van der Waals surface area contributed by atoms with Crippen LogP contribution in [0.1, 0.15) is 29.6 Å². The minimum Gasteiger partial charge on any atom is -0.346 e. The number of tetrazole rings is 1. The summed E-state index contributed by atoms with van der Waals surface area (Å²) in [6.07, 6.45) is 0.658. The van der Waals surface area contributed by atoms with Crippen molar-refractivity contribution in [3.63, 3.8) is 0 Å². The number of aromatic nitrogens is 4. The van der Waals surface area contributed by atoms with Gasteiger partial charge >= 0.3 is 0 Å². The first kappa shape index (κ1) is 15.9. The molecule has 1 aliphatic rings. The molecule has 0 unspecified atom stereocenters. The number of hydrogen-bond donors (Lipinski definition) is 1. The van der Waals surface area contributed by atoms with E-state index in [1.807, 2.05) is 24.3 Å². The summed E-state index contributed by atoms with van der Waals surface area (Å²) in [7, 11) is 0. The van der Waals surface area contributed by atoms with Crippen LogP contribution in [0, 0.1) is 9.39 Å². The standard InChI is InChI=1S/C16H12BrFIN5/c17-10-3-1-2-9(6-10)14-8-15(24-16(20-14)21-22-23-24)12-7-11(19)4-5-13(12)18/h1-7,14-15H,8H2,(H,20,21,23)/t14-,15+/m0/s1. The molecule has 2 atom stereocenters. The molecule has 122 valence electrons. The van der Waals surface area contributed by atoms with Crippen molar-refractivity contribution in [1.82, 2.24) is 20.2 Å². The highest BCUT2D eigenvalue weighted by Gasteiger charge is 2.32. The monoisotopic (exact) mass is 499 g/mol. The van der Waals surface area contributed by atoms with E-state index in [2.05, 4.69) is 65.4 Å². The number of rotatable bonds is 2. The predicted molar refractivity (Wildman–Crippen MR) is 100 cm³/mol. The normalized spacial score (nSPS) is 19.6. The molecule has 3 aromatic rings. The number of halogens is 3. The fraction of sp³-hybridized carbons (Fsp3) is 0.188. The maximum absolute atomic E-state index is 14.4. The predicted octanol–water partition coefficient (Wildman–Crippen LogP) is 4.33. The van der Waals surface area contributed by atoms with Gasteiger partial charge in [0.15, 0.2) is 0 Å². The van der Waals surface area contributed by atoms with Gasteiger partial charge in [0.1, 0.15) is 5.82 Å². The van der Waals surface area contributed by atoms with Crippen molar-refractivity contribution in [3.05, 3.63) is 67.5 Å². The van der Waals surface area contributed by atoms with Crippen LogP contribution in [0.5, 0.6) is 0 Å². The Morgan fingerprint density at radius 1 is 1.25 bits per heavy atom. The quantitative estimate of drug-likeness (QED) is 0.533. The largest absolute Gasteiger partial charge is 0.346 e. The zero-order valence-electron chi connectivity index (χ0n) is 12.3. The van der Waals surface area contributed by atoms with Crippen LogP contribution in [0.2, 0.25) is 0 Å². The summed E-state index contributed by atoms with van der Waals surface area (Å²) in [5.74, 6) is 0.311. The molecule has 0 spiro atoms. The molecule has 0 saturated heterocycles. The minimum atomic E-state index is -0.255. The van der Waals surface area contributed by atoms with Gasteiger partial charge in [0.05, 0.1) is 12.1 Å². The Labute approximate surface area is 159 Å². The number of benzene rings is 2. The fourth-order valence-electron chi connectivity index (χ4n) is 3.01. The van der Waals surface area contributed by atoms with E-state index in [0.717, 1.165) is 13.6 Å². The summed E-state index contributed by atoms with van der Waals surface area (Å²) in [5, 5.41) is 15.2. The SMILES string of the molecule is Fc1ccc(I)cc1[C@H]1C[C@@H](c2cccc(Br)c2)Nc2nnnn21. The van der Waals surface area contributed by atoms with E-state index in [-0.39, 0.29) is 17.9 Å².